The van der Waals surface area contributed by atoms with E-state index < -0.39 is 6.04 Å². The summed E-state index contributed by atoms with van der Waals surface area (Å²) in [5.74, 6) is 0.715. The Morgan fingerprint density at radius 3 is 2.96 bits per heavy atom. The van der Waals surface area contributed by atoms with Crippen LogP contribution in [0, 0.1) is 0 Å². The van der Waals surface area contributed by atoms with Gasteiger partial charge in [-0.15, -0.1) is 0 Å². The highest BCUT2D eigenvalue weighted by molar-refractivity contribution is 7.98. The summed E-state index contributed by atoms with van der Waals surface area (Å²) in [6.07, 6.45) is 5.43. The molecule has 0 radical (unpaired) electrons. The molecule has 0 aliphatic carbocycles. The Morgan fingerprint density at radius 1 is 1.40 bits per heavy atom. The standard InChI is InChI=1S/C18H24N4O2S/c1-13(23)20-16(8-10-25-2)18(24)21-9-7-14(11-21)22-12-19-15-5-3-4-6-17(15)22/h3-6,12,14,16H,7-11H2,1-2H3,(H,20,23)/t14-,16+/m1/s1. The van der Waals surface area contributed by atoms with Gasteiger partial charge in [0.1, 0.15) is 6.04 Å². The van der Waals surface area contributed by atoms with Crippen LogP contribution < -0.4 is 5.32 Å². The van der Waals surface area contributed by atoms with Crippen LogP contribution in [0.25, 0.3) is 11.0 Å². The number of carbonyl (C=O) groups is 2. The predicted octanol–water partition coefficient (Wildman–Crippen LogP) is 2.07. The van der Waals surface area contributed by atoms with Crippen LogP contribution in [-0.4, -0.2) is 57.4 Å². The summed E-state index contributed by atoms with van der Waals surface area (Å²) in [6.45, 7) is 2.84. The Labute approximate surface area is 152 Å². The van der Waals surface area contributed by atoms with E-state index in [1.165, 1.54) is 6.92 Å². The number of likely N-dealkylation sites (tertiary alicyclic amines) is 1. The lowest BCUT2D eigenvalue weighted by atomic mass is 10.2. The van der Waals surface area contributed by atoms with Gasteiger partial charge in [0, 0.05) is 20.0 Å². The molecule has 1 fully saturated rings. The second-order valence-electron chi connectivity index (χ2n) is 6.40. The fourth-order valence-corrected chi connectivity index (χ4v) is 3.87. The van der Waals surface area contributed by atoms with Crippen LogP contribution in [0.15, 0.2) is 30.6 Å². The third-order valence-electron chi connectivity index (χ3n) is 4.64. The SMILES string of the molecule is CSCC[C@H](NC(C)=O)C(=O)N1CC[C@@H](n2cnc3ccccc32)C1. The van der Waals surface area contributed by atoms with Crippen molar-refractivity contribution >= 4 is 34.6 Å². The molecule has 1 aliphatic heterocycles. The molecule has 6 nitrogen and oxygen atoms in total. The van der Waals surface area contributed by atoms with Gasteiger partial charge in [-0.05, 0) is 37.0 Å². The van der Waals surface area contributed by atoms with E-state index in [2.05, 4.69) is 20.9 Å². The zero-order chi connectivity index (χ0) is 17.8. The minimum Gasteiger partial charge on any atom is -0.345 e. The summed E-state index contributed by atoms with van der Waals surface area (Å²) in [6, 6.07) is 7.85. The van der Waals surface area contributed by atoms with Crippen LogP contribution in [-0.2, 0) is 9.59 Å². The molecule has 1 aromatic heterocycles. The largest absolute Gasteiger partial charge is 0.345 e. The van der Waals surface area contributed by atoms with Crippen molar-refractivity contribution < 1.29 is 9.59 Å². The van der Waals surface area contributed by atoms with E-state index in [-0.39, 0.29) is 17.9 Å². The molecule has 0 unspecified atom stereocenters. The third kappa shape index (κ3) is 3.98. The van der Waals surface area contributed by atoms with Gasteiger partial charge in [-0.2, -0.15) is 11.8 Å². The molecule has 0 bridgehead atoms. The number of amides is 2. The lowest BCUT2D eigenvalue weighted by molar-refractivity contribution is -0.135. The molecule has 1 N–H and O–H groups in total. The molecule has 1 aromatic carbocycles. The Kier molecular flexibility index (Phi) is 5.63. The zero-order valence-corrected chi connectivity index (χ0v) is 15.5. The van der Waals surface area contributed by atoms with Crippen molar-refractivity contribution in [3.05, 3.63) is 30.6 Å². The number of rotatable bonds is 6. The summed E-state index contributed by atoms with van der Waals surface area (Å²) in [5, 5.41) is 2.81. The van der Waals surface area contributed by atoms with Crippen molar-refractivity contribution in [3.63, 3.8) is 0 Å². The van der Waals surface area contributed by atoms with E-state index in [4.69, 9.17) is 0 Å². The predicted molar refractivity (Wildman–Crippen MR) is 101 cm³/mol. The first kappa shape index (κ1) is 17.8. The van der Waals surface area contributed by atoms with Gasteiger partial charge in [0.05, 0.1) is 23.4 Å². The van der Waals surface area contributed by atoms with Crippen LogP contribution in [0.2, 0.25) is 0 Å². The number of nitrogens with one attached hydrogen (secondary N) is 1. The van der Waals surface area contributed by atoms with Crippen LogP contribution in [0.1, 0.15) is 25.8 Å². The van der Waals surface area contributed by atoms with Crippen molar-refractivity contribution in [2.24, 2.45) is 0 Å². The highest BCUT2D eigenvalue weighted by atomic mass is 32.2. The van der Waals surface area contributed by atoms with E-state index in [1.54, 1.807) is 11.8 Å². The van der Waals surface area contributed by atoms with E-state index >= 15 is 0 Å². The van der Waals surface area contributed by atoms with Crippen molar-refractivity contribution in [3.8, 4) is 0 Å². The van der Waals surface area contributed by atoms with Gasteiger partial charge < -0.3 is 14.8 Å². The number of para-hydroxylation sites is 2. The maximum atomic E-state index is 12.8. The summed E-state index contributed by atoms with van der Waals surface area (Å²) in [4.78, 5) is 30.6. The molecule has 1 saturated heterocycles. The highest BCUT2D eigenvalue weighted by Crippen LogP contribution is 2.26. The number of aromatic nitrogens is 2. The van der Waals surface area contributed by atoms with Crippen molar-refractivity contribution in [1.29, 1.82) is 0 Å². The van der Waals surface area contributed by atoms with Gasteiger partial charge in [-0.25, -0.2) is 4.98 Å². The van der Waals surface area contributed by atoms with Gasteiger partial charge >= 0.3 is 0 Å². The summed E-state index contributed by atoms with van der Waals surface area (Å²) < 4.78 is 2.16. The molecule has 7 heteroatoms. The van der Waals surface area contributed by atoms with E-state index in [0.717, 1.165) is 23.2 Å². The molecule has 3 rings (SSSR count). The maximum Gasteiger partial charge on any atom is 0.245 e. The molecule has 2 amide bonds. The topological polar surface area (TPSA) is 67.2 Å². The van der Waals surface area contributed by atoms with Gasteiger partial charge in [-0.3, -0.25) is 9.59 Å². The quantitative estimate of drug-likeness (QED) is 0.856. The lowest BCUT2D eigenvalue weighted by Gasteiger charge is -2.24. The van der Waals surface area contributed by atoms with Crippen molar-refractivity contribution in [2.45, 2.75) is 31.8 Å². The fourth-order valence-electron chi connectivity index (χ4n) is 3.40. The molecule has 25 heavy (non-hydrogen) atoms. The van der Waals surface area contributed by atoms with E-state index in [1.807, 2.05) is 35.7 Å². The number of nitrogens with zero attached hydrogens (tertiary/aromatic N) is 3. The van der Waals surface area contributed by atoms with Crippen LogP contribution in [0.4, 0.5) is 0 Å². The second-order valence-corrected chi connectivity index (χ2v) is 7.39. The molecular weight excluding hydrogens is 336 g/mol. The molecule has 0 spiro atoms. The monoisotopic (exact) mass is 360 g/mol. The average molecular weight is 360 g/mol. The minimum atomic E-state index is -0.428. The Bertz CT molecular complexity index is 760. The van der Waals surface area contributed by atoms with Gasteiger partial charge in [0.2, 0.25) is 11.8 Å². The number of carbonyl (C=O) groups excluding carboxylic acids is 2. The van der Waals surface area contributed by atoms with Gasteiger partial charge in [-0.1, -0.05) is 12.1 Å². The number of imidazole rings is 1. The average Bonchev–Trinajstić information content (AvgIpc) is 3.24. The Balaban J connectivity index is 1.70. The summed E-state index contributed by atoms with van der Waals surface area (Å²) in [5.41, 5.74) is 2.07. The number of hydrogen-bond acceptors (Lipinski definition) is 4. The first-order valence-corrected chi connectivity index (χ1v) is 9.96. The molecule has 2 atom stereocenters. The summed E-state index contributed by atoms with van der Waals surface area (Å²) in [7, 11) is 0. The number of thioether (sulfide) groups is 1. The molecule has 1 aliphatic rings. The van der Waals surface area contributed by atoms with Crippen molar-refractivity contribution in [1.82, 2.24) is 19.8 Å². The smallest absolute Gasteiger partial charge is 0.245 e. The zero-order valence-electron chi connectivity index (χ0n) is 14.6. The van der Waals surface area contributed by atoms with E-state index in [9.17, 15) is 9.59 Å². The van der Waals surface area contributed by atoms with Crippen LogP contribution in [0.3, 0.4) is 0 Å². The Morgan fingerprint density at radius 2 is 2.20 bits per heavy atom. The number of hydrogen-bond donors (Lipinski definition) is 1. The van der Waals surface area contributed by atoms with Crippen LogP contribution in [0.5, 0.6) is 0 Å². The second kappa shape index (κ2) is 7.91. The minimum absolute atomic E-state index is 0.0242. The normalized spacial score (nSPS) is 18.5. The maximum absolute atomic E-state index is 12.8. The molecule has 2 aromatic rings. The molecular formula is C18H24N4O2S. The van der Waals surface area contributed by atoms with Gasteiger partial charge in [0.25, 0.3) is 0 Å². The summed E-state index contributed by atoms with van der Waals surface area (Å²) >= 11 is 1.68. The lowest BCUT2D eigenvalue weighted by Crippen LogP contribution is -2.47. The first-order valence-electron chi connectivity index (χ1n) is 8.56. The van der Waals surface area contributed by atoms with Gasteiger partial charge in [0.15, 0.2) is 0 Å². The van der Waals surface area contributed by atoms with Crippen molar-refractivity contribution in [2.75, 3.05) is 25.1 Å². The first-order chi connectivity index (χ1) is 12.1. The number of benzene rings is 1. The Hall–Kier alpha value is -2.02. The number of fused-ring (bicyclic) bond motifs is 1. The van der Waals surface area contributed by atoms with E-state index in [0.29, 0.717) is 19.5 Å². The highest BCUT2D eigenvalue weighted by Gasteiger charge is 2.32. The molecule has 0 saturated carbocycles. The molecule has 2 heterocycles. The molecule has 134 valence electrons. The third-order valence-corrected chi connectivity index (χ3v) is 5.28. The fraction of sp³-hybridized carbons (Fsp3) is 0.500. The van der Waals surface area contributed by atoms with Crippen LogP contribution >= 0.6 is 11.8 Å².